The molecule has 1 rings (SSSR count). The highest BCUT2D eigenvalue weighted by atomic mass is 19.2. The molecule has 1 aromatic carbocycles. The fourth-order valence-corrected chi connectivity index (χ4v) is 1.61. The first kappa shape index (κ1) is 15.3. The minimum Gasteiger partial charge on any atom is -0.376 e. The molecule has 1 amide bonds. The van der Waals surface area contributed by atoms with Crippen molar-refractivity contribution >= 4 is 11.6 Å². The predicted octanol–water partition coefficient (Wildman–Crippen LogP) is 2.82. The summed E-state index contributed by atoms with van der Waals surface area (Å²) in [4.78, 5) is 11.5. The Kier molecular flexibility index (Phi) is 5.66. The zero-order chi connectivity index (χ0) is 14.4. The number of rotatable bonds is 6. The SMILES string of the molecule is CCC(CC)NC(=O)CNc1cc(F)c(F)c(F)c1. The van der Waals surface area contributed by atoms with E-state index in [4.69, 9.17) is 0 Å². The standard InChI is InChI=1S/C13H17F3N2O/c1-3-8(4-2)18-12(19)7-17-9-5-10(14)13(16)11(15)6-9/h5-6,8,17H,3-4,7H2,1-2H3,(H,18,19). The molecule has 0 aromatic heterocycles. The van der Waals surface area contributed by atoms with Gasteiger partial charge in [0, 0.05) is 23.9 Å². The van der Waals surface area contributed by atoms with Crippen LogP contribution in [0.4, 0.5) is 18.9 Å². The maximum atomic E-state index is 12.9. The van der Waals surface area contributed by atoms with Crippen molar-refractivity contribution in [3.05, 3.63) is 29.6 Å². The first-order valence-corrected chi connectivity index (χ1v) is 6.15. The Morgan fingerprint density at radius 3 is 2.16 bits per heavy atom. The quantitative estimate of drug-likeness (QED) is 0.783. The lowest BCUT2D eigenvalue weighted by Crippen LogP contribution is -2.37. The summed E-state index contributed by atoms with van der Waals surface area (Å²) in [6.07, 6.45) is 1.62. The van der Waals surface area contributed by atoms with Crippen LogP contribution in [0.3, 0.4) is 0 Å². The molecule has 6 heteroatoms. The molecule has 106 valence electrons. The van der Waals surface area contributed by atoms with Gasteiger partial charge in [0.2, 0.25) is 5.91 Å². The molecule has 0 aliphatic rings. The van der Waals surface area contributed by atoms with Crippen molar-refractivity contribution in [1.82, 2.24) is 5.32 Å². The molecule has 0 saturated carbocycles. The van der Waals surface area contributed by atoms with Crippen molar-refractivity contribution in [2.45, 2.75) is 32.7 Å². The summed E-state index contributed by atoms with van der Waals surface area (Å²) in [7, 11) is 0. The summed E-state index contributed by atoms with van der Waals surface area (Å²) >= 11 is 0. The Morgan fingerprint density at radius 1 is 1.16 bits per heavy atom. The lowest BCUT2D eigenvalue weighted by molar-refractivity contribution is -0.120. The molecule has 1 aromatic rings. The second-order valence-corrected chi connectivity index (χ2v) is 4.19. The molecule has 0 aliphatic carbocycles. The lowest BCUT2D eigenvalue weighted by atomic mass is 10.2. The molecule has 0 atom stereocenters. The molecular weight excluding hydrogens is 257 g/mol. The monoisotopic (exact) mass is 274 g/mol. The highest BCUT2D eigenvalue weighted by molar-refractivity contribution is 5.80. The van der Waals surface area contributed by atoms with E-state index in [-0.39, 0.29) is 24.2 Å². The fourth-order valence-electron chi connectivity index (χ4n) is 1.61. The molecule has 0 unspecified atom stereocenters. The van der Waals surface area contributed by atoms with Crippen LogP contribution in [0.15, 0.2) is 12.1 Å². The van der Waals surface area contributed by atoms with Crippen LogP contribution in [0.1, 0.15) is 26.7 Å². The van der Waals surface area contributed by atoms with E-state index in [0.717, 1.165) is 25.0 Å². The highest BCUT2D eigenvalue weighted by Gasteiger charge is 2.12. The maximum Gasteiger partial charge on any atom is 0.239 e. The molecule has 0 radical (unpaired) electrons. The topological polar surface area (TPSA) is 41.1 Å². The van der Waals surface area contributed by atoms with E-state index in [1.807, 2.05) is 13.8 Å². The van der Waals surface area contributed by atoms with E-state index in [9.17, 15) is 18.0 Å². The summed E-state index contributed by atoms with van der Waals surface area (Å²) in [6, 6.07) is 1.70. The van der Waals surface area contributed by atoms with E-state index >= 15 is 0 Å². The van der Waals surface area contributed by atoms with Crippen LogP contribution in [0.25, 0.3) is 0 Å². The number of benzene rings is 1. The van der Waals surface area contributed by atoms with Gasteiger partial charge >= 0.3 is 0 Å². The second kappa shape index (κ2) is 7.01. The van der Waals surface area contributed by atoms with Crippen molar-refractivity contribution < 1.29 is 18.0 Å². The summed E-state index contributed by atoms with van der Waals surface area (Å²) < 4.78 is 38.6. The Morgan fingerprint density at radius 2 is 1.68 bits per heavy atom. The van der Waals surface area contributed by atoms with Crippen molar-refractivity contribution in [1.29, 1.82) is 0 Å². The number of hydrogen-bond donors (Lipinski definition) is 2. The van der Waals surface area contributed by atoms with Gasteiger partial charge in [0.15, 0.2) is 17.5 Å². The van der Waals surface area contributed by atoms with E-state index in [1.165, 1.54) is 0 Å². The van der Waals surface area contributed by atoms with Crippen LogP contribution in [0.5, 0.6) is 0 Å². The average Bonchev–Trinajstić information content (AvgIpc) is 2.39. The third-order valence-electron chi connectivity index (χ3n) is 2.79. The number of hydrogen-bond acceptors (Lipinski definition) is 2. The molecule has 3 nitrogen and oxygen atoms in total. The van der Waals surface area contributed by atoms with Gasteiger partial charge in [0.1, 0.15) is 0 Å². The Labute approximate surface area is 110 Å². The first-order valence-electron chi connectivity index (χ1n) is 6.15. The largest absolute Gasteiger partial charge is 0.376 e. The van der Waals surface area contributed by atoms with Crippen molar-refractivity contribution in [3.8, 4) is 0 Å². The zero-order valence-electron chi connectivity index (χ0n) is 10.9. The Balaban J connectivity index is 2.55. The predicted molar refractivity (Wildman–Crippen MR) is 67.3 cm³/mol. The Bertz CT molecular complexity index is 425. The van der Waals surface area contributed by atoms with E-state index < -0.39 is 17.5 Å². The maximum absolute atomic E-state index is 12.9. The molecule has 0 saturated heterocycles. The number of carbonyl (C=O) groups is 1. The second-order valence-electron chi connectivity index (χ2n) is 4.19. The van der Waals surface area contributed by atoms with Gasteiger partial charge in [-0.3, -0.25) is 4.79 Å². The van der Waals surface area contributed by atoms with Crippen LogP contribution in [0.2, 0.25) is 0 Å². The molecular formula is C13H17F3N2O. The fraction of sp³-hybridized carbons (Fsp3) is 0.462. The Hall–Kier alpha value is -1.72. The summed E-state index contributed by atoms with van der Waals surface area (Å²) in [5, 5.41) is 5.31. The van der Waals surface area contributed by atoms with Gasteiger partial charge in [-0.25, -0.2) is 13.2 Å². The molecule has 2 N–H and O–H groups in total. The minimum absolute atomic E-state index is 0.0242. The lowest BCUT2D eigenvalue weighted by Gasteiger charge is -2.15. The molecule has 0 spiro atoms. The summed E-state index contributed by atoms with van der Waals surface area (Å²) in [6.45, 7) is 3.78. The van der Waals surface area contributed by atoms with Crippen LogP contribution < -0.4 is 10.6 Å². The molecule has 0 fully saturated rings. The van der Waals surface area contributed by atoms with Gasteiger partial charge in [-0.1, -0.05) is 13.8 Å². The first-order chi connectivity index (χ1) is 8.97. The van der Waals surface area contributed by atoms with Crippen LogP contribution in [-0.2, 0) is 4.79 Å². The van der Waals surface area contributed by atoms with Gasteiger partial charge in [-0.05, 0) is 12.8 Å². The van der Waals surface area contributed by atoms with Gasteiger partial charge in [-0.2, -0.15) is 0 Å². The number of amides is 1. The van der Waals surface area contributed by atoms with Gasteiger partial charge in [0.05, 0.1) is 6.54 Å². The van der Waals surface area contributed by atoms with E-state index in [0.29, 0.717) is 0 Å². The molecule has 19 heavy (non-hydrogen) atoms. The third-order valence-corrected chi connectivity index (χ3v) is 2.79. The van der Waals surface area contributed by atoms with Crippen molar-refractivity contribution in [2.24, 2.45) is 0 Å². The van der Waals surface area contributed by atoms with Crippen LogP contribution >= 0.6 is 0 Å². The molecule has 0 bridgehead atoms. The number of carbonyl (C=O) groups excluding carboxylic acids is 1. The number of halogens is 3. The summed E-state index contributed by atoms with van der Waals surface area (Å²) in [5.41, 5.74) is 0.0242. The normalized spacial score (nSPS) is 10.6. The van der Waals surface area contributed by atoms with Crippen LogP contribution in [-0.4, -0.2) is 18.5 Å². The van der Waals surface area contributed by atoms with Gasteiger partial charge in [0.25, 0.3) is 0 Å². The zero-order valence-corrected chi connectivity index (χ0v) is 10.9. The highest BCUT2D eigenvalue weighted by Crippen LogP contribution is 2.16. The van der Waals surface area contributed by atoms with Crippen molar-refractivity contribution in [2.75, 3.05) is 11.9 Å². The third kappa shape index (κ3) is 4.46. The van der Waals surface area contributed by atoms with E-state index in [1.54, 1.807) is 0 Å². The number of anilines is 1. The molecule has 0 heterocycles. The van der Waals surface area contributed by atoms with Gasteiger partial charge < -0.3 is 10.6 Å². The van der Waals surface area contributed by atoms with Crippen molar-refractivity contribution in [3.63, 3.8) is 0 Å². The van der Waals surface area contributed by atoms with Gasteiger partial charge in [-0.15, -0.1) is 0 Å². The minimum atomic E-state index is -1.52. The van der Waals surface area contributed by atoms with E-state index in [2.05, 4.69) is 10.6 Å². The smallest absolute Gasteiger partial charge is 0.239 e. The average molecular weight is 274 g/mol. The number of nitrogens with one attached hydrogen (secondary N) is 2. The molecule has 0 aliphatic heterocycles. The summed E-state index contributed by atoms with van der Waals surface area (Å²) in [5.74, 6) is -4.38. The van der Waals surface area contributed by atoms with Crippen LogP contribution in [0, 0.1) is 17.5 Å².